The average Bonchev–Trinajstić information content (AvgIpc) is 2.27. The predicted molar refractivity (Wildman–Crippen MR) is 69.6 cm³/mol. The molecule has 0 spiro atoms. The first kappa shape index (κ1) is 15.9. The molecule has 2 nitrogen and oxygen atoms in total. The van der Waals surface area contributed by atoms with Gasteiger partial charge in [0.05, 0.1) is 5.60 Å². The Kier molecular flexibility index (Phi) is 10.0. The van der Waals surface area contributed by atoms with E-state index in [1.54, 1.807) is 0 Å². The van der Waals surface area contributed by atoms with Gasteiger partial charge in [-0.15, -0.1) is 0 Å². The van der Waals surface area contributed by atoms with Gasteiger partial charge in [-0.05, 0) is 19.3 Å². The molecular formula is C14H30O2. The fourth-order valence-electron chi connectivity index (χ4n) is 2.15. The third-order valence-electron chi connectivity index (χ3n) is 3.32. The summed E-state index contributed by atoms with van der Waals surface area (Å²) >= 11 is 0. The molecule has 0 aromatic heterocycles. The zero-order chi connectivity index (χ0) is 12.3. The Labute approximate surface area is 101 Å². The minimum absolute atomic E-state index is 0.106. The van der Waals surface area contributed by atoms with Crippen molar-refractivity contribution in [2.75, 3.05) is 6.61 Å². The van der Waals surface area contributed by atoms with Gasteiger partial charge in [0.1, 0.15) is 0 Å². The Morgan fingerprint density at radius 1 is 0.750 bits per heavy atom. The van der Waals surface area contributed by atoms with E-state index >= 15 is 0 Å². The standard InChI is InChI=1S/C14H30O2/c1-3-5-7-8-9-11-14(16,12-13-15)10-6-4-2/h15-16H,3-13H2,1-2H3. The van der Waals surface area contributed by atoms with E-state index in [2.05, 4.69) is 13.8 Å². The summed E-state index contributed by atoms with van der Waals surface area (Å²) in [7, 11) is 0. The molecule has 0 aliphatic rings. The molecule has 1 atom stereocenters. The molecule has 0 bridgehead atoms. The summed E-state index contributed by atoms with van der Waals surface area (Å²) < 4.78 is 0. The fraction of sp³-hybridized carbons (Fsp3) is 1.00. The van der Waals surface area contributed by atoms with Gasteiger partial charge in [-0.3, -0.25) is 0 Å². The second-order valence-electron chi connectivity index (χ2n) is 4.97. The molecular weight excluding hydrogens is 200 g/mol. The maximum Gasteiger partial charge on any atom is 0.0669 e. The second kappa shape index (κ2) is 10.1. The van der Waals surface area contributed by atoms with Gasteiger partial charge < -0.3 is 10.2 Å². The summed E-state index contributed by atoms with van der Waals surface area (Å²) in [4.78, 5) is 0. The normalized spacial score (nSPS) is 15.0. The first-order valence-electron chi connectivity index (χ1n) is 7.01. The van der Waals surface area contributed by atoms with Crippen molar-refractivity contribution in [1.82, 2.24) is 0 Å². The van der Waals surface area contributed by atoms with Crippen molar-refractivity contribution in [2.45, 2.75) is 83.7 Å². The molecule has 0 fully saturated rings. The summed E-state index contributed by atoms with van der Waals surface area (Å²) in [5.41, 5.74) is -0.600. The maximum atomic E-state index is 10.3. The van der Waals surface area contributed by atoms with Crippen LogP contribution in [0.1, 0.15) is 78.1 Å². The van der Waals surface area contributed by atoms with Gasteiger partial charge in [0.2, 0.25) is 0 Å². The highest BCUT2D eigenvalue weighted by atomic mass is 16.3. The van der Waals surface area contributed by atoms with Crippen LogP contribution in [-0.2, 0) is 0 Å². The van der Waals surface area contributed by atoms with Crippen LogP contribution in [0.15, 0.2) is 0 Å². The van der Waals surface area contributed by atoms with Crippen LogP contribution in [-0.4, -0.2) is 22.4 Å². The molecule has 0 radical (unpaired) electrons. The second-order valence-corrected chi connectivity index (χ2v) is 4.97. The van der Waals surface area contributed by atoms with E-state index in [9.17, 15) is 5.11 Å². The van der Waals surface area contributed by atoms with E-state index in [4.69, 9.17) is 5.11 Å². The van der Waals surface area contributed by atoms with E-state index in [1.807, 2.05) is 0 Å². The zero-order valence-electron chi connectivity index (χ0n) is 11.2. The lowest BCUT2D eigenvalue weighted by atomic mass is 9.87. The quantitative estimate of drug-likeness (QED) is 0.532. The Bertz CT molecular complexity index is 148. The predicted octanol–water partition coefficient (Wildman–Crippen LogP) is 3.65. The lowest BCUT2D eigenvalue weighted by molar-refractivity contribution is -0.00371. The number of aliphatic hydroxyl groups excluding tert-OH is 1. The summed E-state index contributed by atoms with van der Waals surface area (Å²) in [6, 6.07) is 0. The van der Waals surface area contributed by atoms with Crippen molar-refractivity contribution in [3.8, 4) is 0 Å². The van der Waals surface area contributed by atoms with Gasteiger partial charge in [0, 0.05) is 6.61 Å². The van der Waals surface area contributed by atoms with E-state index in [0.29, 0.717) is 6.42 Å². The number of unbranched alkanes of at least 4 members (excludes halogenated alkanes) is 5. The van der Waals surface area contributed by atoms with Gasteiger partial charge in [0.15, 0.2) is 0 Å². The van der Waals surface area contributed by atoms with Gasteiger partial charge in [-0.25, -0.2) is 0 Å². The van der Waals surface area contributed by atoms with Crippen molar-refractivity contribution < 1.29 is 10.2 Å². The Morgan fingerprint density at radius 3 is 1.88 bits per heavy atom. The largest absolute Gasteiger partial charge is 0.396 e. The molecule has 98 valence electrons. The van der Waals surface area contributed by atoms with Gasteiger partial charge in [-0.1, -0.05) is 58.8 Å². The number of rotatable bonds is 11. The topological polar surface area (TPSA) is 40.5 Å². The molecule has 1 unspecified atom stereocenters. The van der Waals surface area contributed by atoms with Crippen molar-refractivity contribution in [3.05, 3.63) is 0 Å². The van der Waals surface area contributed by atoms with Gasteiger partial charge in [-0.2, -0.15) is 0 Å². The van der Waals surface area contributed by atoms with E-state index < -0.39 is 5.60 Å². The molecule has 2 heteroatoms. The zero-order valence-corrected chi connectivity index (χ0v) is 11.2. The van der Waals surface area contributed by atoms with Crippen LogP contribution in [0.3, 0.4) is 0 Å². The van der Waals surface area contributed by atoms with Crippen LogP contribution in [0.2, 0.25) is 0 Å². The number of hydrogen-bond donors (Lipinski definition) is 2. The third-order valence-corrected chi connectivity index (χ3v) is 3.32. The number of aliphatic hydroxyl groups is 2. The molecule has 2 N–H and O–H groups in total. The van der Waals surface area contributed by atoms with Crippen LogP contribution in [0.4, 0.5) is 0 Å². The van der Waals surface area contributed by atoms with Crippen molar-refractivity contribution in [1.29, 1.82) is 0 Å². The van der Waals surface area contributed by atoms with E-state index in [0.717, 1.165) is 32.1 Å². The first-order valence-corrected chi connectivity index (χ1v) is 7.01. The van der Waals surface area contributed by atoms with E-state index in [1.165, 1.54) is 25.7 Å². The monoisotopic (exact) mass is 230 g/mol. The fourth-order valence-corrected chi connectivity index (χ4v) is 2.15. The molecule has 0 aromatic rings. The van der Waals surface area contributed by atoms with Crippen molar-refractivity contribution in [3.63, 3.8) is 0 Å². The molecule has 0 aliphatic carbocycles. The Balaban J connectivity index is 3.73. The molecule has 0 aliphatic heterocycles. The lowest BCUT2D eigenvalue weighted by Gasteiger charge is -2.27. The molecule has 0 heterocycles. The highest BCUT2D eigenvalue weighted by Crippen LogP contribution is 2.25. The lowest BCUT2D eigenvalue weighted by Crippen LogP contribution is -2.29. The van der Waals surface area contributed by atoms with Crippen LogP contribution in [0.25, 0.3) is 0 Å². The van der Waals surface area contributed by atoms with Crippen molar-refractivity contribution in [2.24, 2.45) is 0 Å². The highest BCUT2D eigenvalue weighted by Gasteiger charge is 2.24. The van der Waals surface area contributed by atoms with Crippen LogP contribution >= 0.6 is 0 Å². The molecule has 0 saturated heterocycles. The van der Waals surface area contributed by atoms with Crippen LogP contribution < -0.4 is 0 Å². The Hall–Kier alpha value is -0.0800. The Morgan fingerprint density at radius 2 is 1.31 bits per heavy atom. The highest BCUT2D eigenvalue weighted by molar-refractivity contribution is 4.77. The molecule has 0 rings (SSSR count). The first-order chi connectivity index (χ1) is 7.68. The minimum atomic E-state index is -0.600. The molecule has 16 heavy (non-hydrogen) atoms. The smallest absolute Gasteiger partial charge is 0.0669 e. The summed E-state index contributed by atoms with van der Waals surface area (Å²) in [6.07, 6.45) is 10.6. The molecule has 0 amide bonds. The van der Waals surface area contributed by atoms with Gasteiger partial charge in [0.25, 0.3) is 0 Å². The maximum absolute atomic E-state index is 10.3. The average molecular weight is 230 g/mol. The summed E-state index contributed by atoms with van der Waals surface area (Å²) in [5, 5.41) is 19.3. The molecule has 0 aromatic carbocycles. The van der Waals surface area contributed by atoms with E-state index in [-0.39, 0.29) is 6.61 Å². The van der Waals surface area contributed by atoms with Crippen LogP contribution in [0, 0.1) is 0 Å². The van der Waals surface area contributed by atoms with Crippen LogP contribution in [0.5, 0.6) is 0 Å². The van der Waals surface area contributed by atoms with Gasteiger partial charge >= 0.3 is 0 Å². The molecule has 0 saturated carbocycles. The SMILES string of the molecule is CCCCCCCC(O)(CCO)CCCC. The summed E-state index contributed by atoms with van der Waals surface area (Å²) in [6.45, 7) is 4.46. The summed E-state index contributed by atoms with van der Waals surface area (Å²) in [5.74, 6) is 0. The third kappa shape index (κ3) is 8.12. The van der Waals surface area contributed by atoms with Crippen molar-refractivity contribution >= 4 is 0 Å². The number of hydrogen-bond acceptors (Lipinski definition) is 2. The minimum Gasteiger partial charge on any atom is -0.396 e.